The van der Waals surface area contributed by atoms with E-state index >= 15 is 0 Å². The van der Waals surface area contributed by atoms with Crippen LogP contribution in [0.4, 0.5) is 0 Å². The lowest BCUT2D eigenvalue weighted by Crippen LogP contribution is -2.53. The number of hydrogen-bond acceptors (Lipinski definition) is 3. The first kappa shape index (κ1) is 16.3. The summed E-state index contributed by atoms with van der Waals surface area (Å²) in [6.07, 6.45) is 7.92. The average Bonchev–Trinajstić information content (AvgIpc) is 2.28. The van der Waals surface area contributed by atoms with Crippen molar-refractivity contribution in [2.75, 3.05) is 34.7 Å². The van der Waals surface area contributed by atoms with Crippen molar-refractivity contribution in [1.82, 2.24) is 9.80 Å². The van der Waals surface area contributed by atoms with E-state index in [1.807, 2.05) is 12.2 Å². The van der Waals surface area contributed by atoms with Crippen LogP contribution in [0.2, 0.25) is 0 Å². The third-order valence-electron chi connectivity index (χ3n) is 4.39. The molecule has 0 aliphatic heterocycles. The first-order chi connectivity index (χ1) is 8.83. The van der Waals surface area contributed by atoms with Gasteiger partial charge in [-0.15, -0.1) is 0 Å². The fraction of sp³-hybridized carbons (Fsp3) is 0.750. The van der Waals surface area contributed by atoms with Crippen LogP contribution in [0.1, 0.15) is 26.7 Å². The SMILES string of the molecule is CC[C@H]([C@H](C)CN(C)C)C1(N(C)C)C=CC=C(O)C1. The number of hydrogen-bond donors (Lipinski definition) is 1. The Morgan fingerprint density at radius 1 is 1.32 bits per heavy atom. The van der Waals surface area contributed by atoms with E-state index in [1.165, 1.54) is 0 Å². The largest absolute Gasteiger partial charge is 0.512 e. The zero-order valence-corrected chi connectivity index (χ0v) is 13.3. The summed E-state index contributed by atoms with van der Waals surface area (Å²) in [6.45, 7) is 5.65. The third kappa shape index (κ3) is 3.61. The molecular weight excluding hydrogens is 236 g/mol. The first-order valence-corrected chi connectivity index (χ1v) is 7.23. The van der Waals surface area contributed by atoms with Gasteiger partial charge in [-0.05, 0) is 46.1 Å². The Bertz CT molecular complexity index is 347. The van der Waals surface area contributed by atoms with Gasteiger partial charge in [0.25, 0.3) is 0 Å². The first-order valence-electron chi connectivity index (χ1n) is 7.23. The molecule has 0 heterocycles. The van der Waals surface area contributed by atoms with Gasteiger partial charge in [-0.3, -0.25) is 4.90 Å². The maximum atomic E-state index is 9.97. The van der Waals surface area contributed by atoms with Crippen LogP contribution in [0, 0.1) is 11.8 Å². The summed E-state index contributed by atoms with van der Waals surface area (Å²) >= 11 is 0. The van der Waals surface area contributed by atoms with E-state index in [-0.39, 0.29) is 5.54 Å². The van der Waals surface area contributed by atoms with Crippen molar-refractivity contribution in [1.29, 1.82) is 0 Å². The van der Waals surface area contributed by atoms with Gasteiger partial charge >= 0.3 is 0 Å². The molecule has 3 nitrogen and oxygen atoms in total. The molecule has 0 bridgehead atoms. The van der Waals surface area contributed by atoms with Crippen molar-refractivity contribution in [3.05, 3.63) is 24.0 Å². The number of aliphatic hydroxyl groups is 1. The average molecular weight is 266 g/mol. The Balaban J connectivity index is 3.03. The van der Waals surface area contributed by atoms with Crippen LogP contribution < -0.4 is 0 Å². The van der Waals surface area contributed by atoms with Crippen LogP contribution in [0.25, 0.3) is 0 Å². The molecule has 0 aromatic rings. The highest BCUT2D eigenvalue weighted by Gasteiger charge is 2.42. The predicted octanol–water partition coefficient (Wildman–Crippen LogP) is 2.91. The third-order valence-corrected chi connectivity index (χ3v) is 4.39. The van der Waals surface area contributed by atoms with E-state index in [4.69, 9.17) is 0 Å². The second kappa shape index (κ2) is 6.58. The highest BCUT2D eigenvalue weighted by Crippen LogP contribution is 2.39. The summed E-state index contributed by atoms with van der Waals surface area (Å²) in [6, 6.07) is 0. The molecule has 1 aliphatic rings. The highest BCUT2D eigenvalue weighted by molar-refractivity contribution is 5.25. The van der Waals surface area contributed by atoms with Crippen LogP contribution in [-0.2, 0) is 0 Å². The number of allylic oxidation sites excluding steroid dienone is 2. The van der Waals surface area contributed by atoms with Crippen LogP contribution >= 0.6 is 0 Å². The van der Waals surface area contributed by atoms with Crippen molar-refractivity contribution < 1.29 is 5.11 Å². The quantitative estimate of drug-likeness (QED) is 0.801. The monoisotopic (exact) mass is 266 g/mol. The van der Waals surface area contributed by atoms with Gasteiger partial charge in [0.05, 0.1) is 5.76 Å². The van der Waals surface area contributed by atoms with Crippen LogP contribution in [0.15, 0.2) is 24.0 Å². The lowest BCUT2D eigenvalue weighted by Gasteiger charge is -2.47. The van der Waals surface area contributed by atoms with Crippen molar-refractivity contribution in [3.63, 3.8) is 0 Å². The van der Waals surface area contributed by atoms with E-state index < -0.39 is 0 Å². The van der Waals surface area contributed by atoms with Crippen molar-refractivity contribution in [3.8, 4) is 0 Å². The second-order valence-corrected chi connectivity index (χ2v) is 6.33. The van der Waals surface area contributed by atoms with Gasteiger partial charge < -0.3 is 10.0 Å². The van der Waals surface area contributed by atoms with E-state index in [0.29, 0.717) is 24.0 Å². The van der Waals surface area contributed by atoms with E-state index in [2.05, 4.69) is 57.9 Å². The number of likely N-dealkylation sites (N-methyl/N-ethyl adjacent to an activating group) is 1. The van der Waals surface area contributed by atoms with Gasteiger partial charge in [-0.25, -0.2) is 0 Å². The molecule has 0 amide bonds. The molecule has 0 fully saturated rings. The fourth-order valence-corrected chi connectivity index (χ4v) is 3.58. The number of aliphatic hydroxyl groups excluding tert-OH is 1. The molecule has 0 aromatic heterocycles. The normalized spacial score (nSPS) is 26.6. The summed E-state index contributed by atoms with van der Waals surface area (Å²) in [4.78, 5) is 4.52. The molecule has 110 valence electrons. The minimum absolute atomic E-state index is 0.0665. The van der Waals surface area contributed by atoms with Crippen LogP contribution in [-0.4, -0.2) is 55.2 Å². The highest BCUT2D eigenvalue weighted by atomic mass is 16.3. The topological polar surface area (TPSA) is 26.7 Å². The Kier molecular flexibility index (Phi) is 5.63. The molecule has 3 atom stereocenters. The molecule has 1 unspecified atom stereocenters. The van der Waals surface area contributed by atoms with Gasteiger partial charge in [0.1, 0.15) is 0 Å². The lowest BCUT2D eigenvalue weighted by atomic mass is 9.70. The van der Waals surface area contributed by atoms with Crippen molar-refractivity contribution >= 4 is 0 Å². The second-order valence-electron chi connectivity index (χ2n) is 6.33. The zero-order chi connectivity index (χ0) is 14.6. The standard InChI is InChI=1S/C16H30N2O/c1-7-15(13(2)12-17(3)4)16(18(5)6)10-8-9-14(19)11-16/h8-10,13,15,19H,7,11-12H2,1-6H3/t13-,15-,16?/m1/s1. The molecule has 0 spiro atoms. The summed E-state index contributed by atoms with van der Waals surface area (Å²) in [7, 11) is 8.49. The van der Waals surface area contributed by atoms with Crippen molar-refractivity contribution in [2.24, 2.45) is 11.8 Å². The van der Waals surface area contributed by atoms with Gasteiger partial charge in [0.2, 0.25) is 0 Å². The molecule has 19 heavy (non-hydrogen) atoms. The zero-order valence-electron chi connectivity index (χ0n) is 13.3. The Morgan fingerprint density at radius 2 is 1.95 bits per heavy atom. The van der Waals surface area contributed by atoms with Crippen LogP contribution in [0.5, 0.6) is 0 Å². The van der Waals surface area contributed by atoms with Crippen molar-refractivity contribution in [2.45, 2.75) is 32.2 Å². The van der Waals surface area contributed by atoms with Gasteiger partial charge in [-0.2, -0.15) is 0 Å². The van der Waals surface area contributed by atoms with Crippen LogP contribution in [0.3, 0.4) is 0 Å². The predicted molar refractivity (Wildman–Crippen MR) is 82.4 cm³/mol. The van der Waals surface area contributed by atoms with Gasteiger partial charge in [0, 0.05) is 18.5 Å². The summed E-state index contributed by atoms with van der Waals surface area (Å²) in [5, 5.41) is 9.97. The van der Waals surface area contributed by atoms with E-state index in [9.17, 15) is 5.11 Å². The summed E-state index contributed by atoms with van der Waals surface area (Å²) in [5.74, 6) is 1.60. The minimum Gasteiger partial charge on any atom is -0.512 e. The molecule has 0 saturated carbocycles. The molecule has 0 aromatic carbocycles. The Morgan fingerprint density at radius 3 is 2.37 bits per heavy atom. The molecular formula is C16H30N2O. The lowest BCUT2D eigenvalue weighted by molar-refractivity contribution is 0.0652. The summed E-state index contributed by atoms with van der Waals surface area (Å²) < 4.78 is 0. The number of rotatable bonds is 6. The fourth-order valence-electron chi connectivity index (χ4n) is 3.58. The molecule has 0 radical (unpaired) electrons. The molecule has 3 heteroatoms. The molecule has 1 N–H and O–H groups in total. The Labute approximate surface area is 118 Å². The van der Waals surface area contributed by atoms with Gasteiger partial charge in [-0.1, -0.05) is 32.4 Å². The molecule has 1 rings (SSSR count). The van der Waals surface area contributed by atoms with E-state index in [0.717, 1.165) is 13.0 Å². The molecule has 0 saturated heterocycles. The number of nitrogens with zero attached hydrogens (tertiary/aromatic N) is 2. The Hall–Kier alpha value is -0.800. The summed E-state index contributed by atoms with van der Waals surface area (Å²) in [5.41, 5.74) is -0.0665. The maximum absolute atomic E-state index is 9.97. The molecule has 1 aliphatic carbocycles. The van der Waals surface area contributed by atoms with E-state index in [1.54, 1.807) is 0 Å². The minimum atomic E-state index is -0.0665. The van der Waals surface area contributed by atoms with Gasteiger partial charge in [0.15, 0.2) is 0 Å². The smallest absolute Gasteiger partial charge is 0.0944 e. The maximum Gasteiger partial charge on any atom is 0.0944 e.